The van der Waals surface area contributed by atoms with Gasteiger partial charge in [0.25, 0.3) is 5.69 Å². The molecule has 0 radical (unpaired) electrons. The van der Waals surface area contributed by atoms with Gasteiger partial charge in [-0.3, -0.25) is 14.9 Å². The molecule has 5 nitrogen and oxygen atoms in total. The maximum atomic E-state index is 11.4. The van der Waals surface area contributed by atoms with E-state index in [-0.39, 0.29) is 11.6 Å². The molecule has 16 heavy (non-hydrogen) atoms. The van der Waals surface area contributed by atoms with Gasteiger partial charge in [-0.25, -0.2) is 0 Å². The normalized spacial score (nSPS) is 15.5. The molecule has 0 unspecified atom stereocenters. The van der Waals surface area contributed by atoms with E-state index in [4.69, 9.17) is 0 Å². The number of nitro groups is 1. The number of carbonyl (C=O) groups is 1. The first-order valence-corrected chi connectivity index (χ1v) is 5.18. The van der Waals surface area contributed by atoms with Crippen LogP contribution in [0.5, 0.6) is 0 Å². The molecule has 0 aliphatic carbocycles. The minimum atomic E-state index is -0.426. The predicted octanol–water partition coefficient (Wildman–Crippen LogP) is 1.72. The number of likely N-dealkylation sites (tertiary alicyclic amines) is 1. The first-order chi connectivity index (χ1) is 7.66. The topological polar surface area (TPSA) is 63.5 Å². The lowest BCUT2D eigenvalue weighted by Crippen LogP contribution is -2.23. The molecule has 2 rings (SSSR count). The van der Waals surface area contributed by atoms with Gasteiger partial charge in [-0.05, 0) is 12.0 Å². The van der Waals surface area contributed by atoms with Crippen molar-refractivity contribution in [3.8, 4) is 0 Å². The highest BCUT2D eigenvalue weighted by atomic mass is 16.6. The summed E-state index contributed by atoms with van der Waals surface area (Å²) in [5, 5.41) is 10.4. The Kier molecular flexibility index (Phi) is 2.85. The zero-order valence-electron chi connectivity index (χ0n) is 8.76. The summed E-state index contributed by atoms with van der Waals surface area (Å²) in [6.07, 6.45) is 1.53. The van der Waals surface area contributed by atoms with E-state index in [1.54, 1.807) is 17.0 Å². The van der Waals surface area contributed by atoms with Crippen LogP contribution in [0.2, 0.25) is 0 Å². The third-order valence-electron chi connectivity index (χ3n) is 2.69. The number of amides is 1. The first-order valence-electron chi connectivity index (χ1n) is 5.18. The van der Waals surface area contributed by atoms with Gasteiger partial charge in [-0.2, -0.15) is 0 Å². The summed E-state index contributed by atoms with van der Waals surface area (Å²) in [5.41, 5.74) is 1.01. The SMILES string of the molecule is O=C1CCCN1Cc1ccc([N+](=O)[O-])cc1. The van der Waals surface area contributed by atoms with E-state index < -0.39 is 4.92 Å². The van der Waals surface area contributed by atoms with Gasteiger partial charge in [0.15, 0.2) is 0 Å². The second-order valence-electron chi connectivity index (χ2n) is 3.84. The van der Waals surface area contributed by atoms with Crippen molar-refractivity contribution in [3.63, 3.8) is 0 Å². The molecular formula is C11H12N2O3. The highest BCUT2D eigenvalue weighted by molar-refractivity contribution is 5.78. The smallest absolute Gasteiger partial charge is 0.269 e. The maximum Gasteiger partial charge on any atom is 0.269 e. The van der Waals surface area contributed by atoms with E-state index in [1.165, 1.54) is 12.1 Å². The molecule has 1 aromatic carbocycles. The summed E-state index contributed by atoms with van der Waals surface area (Å²) in [7, 11) is 0. The molecule has 0 N–H and O–H groups in total. The van der Waals surface area contributed by atoms with Crippen LogP contribution in [0.4, 0.5) is 5.69 Å². The van der Waals surface area contributed by atoms with Crippen molar-refractivity contribution < 1.29 is 9.72 Å². The Balaban J connectivity index is 2.05. The van der Waals surface area contributed by atoms with Crippen LogP contribution in [-0.4, -0.2) is 22.3 Å². The lowest BCUT2D eigenvalue weighted by atomic mass is 10.2. The first kappa shape index (κ1) is 10.6. The molecule has 1 saturated heterocycles. The van der Waals surface area contributed by atoms with Crippen molar-refractivity contribution in [3.05, 3.63) is 39.9 Å². The van der Waals surface area contributed by atoms with E-state index in [0.29, 0.717) is 13.0 Å². The Bertz CT molecular complexity index is 414. The minimum Gasteiger partial charge on any atom is -0.338 e. The van der Waals surface area contributed by atoms with Gasteiger partial charge in [-0.1, -0.05) is 12.1 Å². The molecule has 1 heterocycles. The van der Waals surface area contributed by atoms with Crippen molar-refractivity contribution in [1.82, 2.24) is 4.90 Å². The minimum absolute atomic E-state index is 0.0801. The standard InChI is InChI=1S/C11H12N2O3/c14-11-2-1-7-12(11)8-9-3-5-10(6-4-9)13(15)16/h3-6H,1-2,7-8H2. The number of hydrogen-bond acceptors (Lipinski definition) is 3. The fourth-order valence-electron chi connectivity index (χ4n) is 1.81. The number of carbonyl (C=O) groups excluding carboxylic acids is 1. The quantitative estimate of drug-likeness (QED) is 0.575. The molecule has 0 aromatic heterocycles. The molecule has 1 amide bonds. The van der Waals surface area contributed by atoms with E-state index in [1.807, 2.05) is 0 Å². The molecule has 0 spiro atoms. The molecule has 5 heteroatoms. The molecular weight excluding hydrogens is 208 g/mol. The average molecular weight is 220 g/mol. The number of nitro benzene ring substituents is 1. The largest absolute Gasteiger partial charge is 0.338 e. The fraction of sp³-hybridized carbons (Fsp3) is 0.364. The van der Waals surface area contributed by atoms with Gasteiger partial charge in [0.1, 0.15) is 0 Å². The van der Waals surface area contributed by atoms with Gasteiger partial charge in [-0.15, -0.1) is 0 Å². The van der Waals surface area contributed by atoms with Crippen LogP contribution in [0.1, 0.15) is 18.4 Å². The van der Waals surface area contributed by atoms with Crippen LogP contribution in [0.25, 0.3) is 0 Å². The molecule has 1 aliphatic heterocycles. The van der Waals surface area contributed by atoms with Gasteiger partial charge >= 0.3 is 0 Å². The molecule has 84 valence electrons. The highest BCUT2D eigenvalue weighted by Gasteiger charge is 2.20. The Morgan fingerprint density at radius 2 is 2.00 bits per heavy atom. The fourth-order valence-corrected chi connectivity index (χ4v) is 1.81. The second-order valence-corrected chi connectivity index (χ2v) is 3.84. The second kappa shape index (κ2) is 4.30. The molecule has 1 aromatic rings. The molecule has 0 saturated carbocycles. The summed E-state index contributed by atoms with van der Waals surface area (Å²) in [4.78, 5) is 23.2. The monoisotopic (exact) mass is 220 g/mol. The van der Waals surface area contributed by atoms with Crippen molar-refractivity contribution in [2.24, 2.45) is 0 Å². The Hall–Kier alpha value is -1.91. The number of non-ortho nitro benzene ring substituents is 1. The molecule has 1 aliphatic rings. The van der Waals surface area contributed by atoms with Crippen LogP contribution < -0.4 is 0 Å². The van der Waals surface area contributed by atoms with E-state index in [0.717, 1.165) is 18.5 Å². The highest BCUT2D eigenvalue weighted by Crippen LogP contribution is 2.16. The van der Waals surface area contributed by atoms with Gasteiger partial charge in [0.05, 0.1) is 4.92 Å². The van der Waals surface area contributed by atoms with Crippen molar-refractivity contribution in [1.29, 1.82) is 0 Å². The third-order valence-corrected chi connectivity index (χ3v) is 2.69. The maximum absolute atomic E-state index is 11.4. The molecule has 0 atom stereocenters. The van der Waals surface area contributed by atoms with Crippen molar-refractivity contribution >= 4 is 11.6 Å². The molecule has 1 fully saturated rings. The van der Waals surface area contributed by atoms with E-state index in [9.17, 15) is 14.9 Å². The lowest BCUT2D eigenvalue weighted by molar-refractivity contribution is -0.384. The summed E-state index contributed by atoms with van der Waals surface area (Å²) in [6, 6.07) is 6.33. The number of rotatable bonds is 3. The Morgan fingerprint density at radius 3 is 2.50 bits per heavy atom. The summed E-state index contributed by atoms with van der Waals surface area (Å²) in [6.45, 7) is 1.34. The van der Waals surface area contributed by atoms with E-state index in [2.05, 4.69) is 0 Å². The lowest BCUT2D eigenvalue weighted by Gasteiger charge is -2.14. The van der Waals surface area contributed by atoms with Crippen LogP contribution in [0.15, 0.2) is 24.3 Å². The van der Waals surface area contributed by atoms with Crippen molar-refractivity contribution in [2.45, 2.75) is 19.4 Å². The number of hydrogen-bond donors (Lipinski definition) is 0. The summed E-state index contributed by atoms with van der Waals surface area (Å²) >= 11 is 0. The van der Waals surface area contributed by atoms with E-state index >= 15 is 0 Å². The number of benzene rings is 1. The summed E-state index contributed by atoms with van der Waals surface area (Å²) < 4.78 is 0. The van der Waals surface area contributed by atoms with Crippen LogP contribution in [0.3, 0.4) is 0 Å². The van der Waals surface area contributed by atoms with Crippen LogP contribution in [0, 0.1) is 10.1 Å². The summed E-state index contributed by atoms with van der Waals surface area (Å²) in [5.74, 6) is 0.165. The van der Waals surface area contributed by atoms with Gasteiger partial charge in [0, 0.05) is 31.6 Å². The van der Waals surface area contributed by atoms with Gasteiger partial charge in [0.2, 0.25) is 5.91 Å². The van der Waals surface area contributed by atoms with Crippen LogP contribution >= 0.6 is 0 Å². The Labute approximate surface area is 92.8 Å². The van der Waals surface area contributed by atoms with Gasteiger partial charge < -0.3 is 4.90 Å². The third kappa shape index (κ3) is 2.18. The average Bonchev–Trinajstić information content (AvgIpc) is 2.65. The molecule has 0 bridgehead atoms. The van der Waals surface area contributed by atoms with Crippen LogP contribution in [-0.2, 0) is 11.3 Å². The zero-order chi connectivity index (χ0) is 11.5. The zero-order valence-corrected chi connectivity index (χ0v) is 8.76. The Morgan fingerprint density at radius 1 is 1.31 bits per heavy atom. The number of nitrogens with zero attached hydrogens (tertiary/aromatic N) is 2. The van der Waals surface area contributed by atoms with Crippen molar-refractivity contribution in [2.75, 3.05) is 6.54 Å². The predicted molar refractivity (Wildman–Crippen MR) is 57.7 cm³/mol.